The summed E-state index contributed by atoms with van der Waals surface area (Å²) in [5.74, 6) is 0.654. The number of anilines is 1. The summed E-state index contributed by atoms with van der Waals surface area (Å²) in [6.45, 7) is 2.58. The Hall–Kier alpha value is -2.07. The molecule has 0 amide bonds. The summed E-state index contributed by atoms with van der Waals surface area (Å²) in [4.78, 5) is 4.27. The van der Waals surface area contributed by atoms with Crippen LogP contribution in [0.5, 0.6) is 5.88 Å². The van der Waals surface area contributed by atoms with Crippen LogP contribution in [0, 0.1) is 0 Å². The second-order valence-electron chi connectivity index (χ2n) is 4.99. The molecule has 0 saturated heterocycles. The van der Waals surface area contributed by atoms with Gasteiger partial charge in [-0.25, -0.2) is 4.98 Å². The zero-order chi connectivity index (χ0) is 13.9. The molecule has 0 aliphatic heterocycles. The first-order valence-corrected chi connectivity index (χ1v) is 6.97. The van der Waals surface area contributed by atoms with E-state index in [-0.39, 0.29) is 12.1 Å². The standard InChI is InChI=1S/C16H19N3O/c1-2-20-16-8-7-11(10-18-16)19-15-9-14(17)12-5-3-4-6-13(12)15/h3-8,10,14-15,19H,2,9,17H2,1H3. The Morgan fingerprint density at radius 1 is 1.25 bits per heavy atom. The molecule has 1 aromatic carbocycles. The van der Waals surface area contributed by atoms with Crippen LogP contribution in [0.15, 0.2) is 42.6 Å². The average Bonchev–Trinajstić information content (AvgIpc) is 2.79. The van der Waals surface area contributed by atoms with E-state index < -0.39 is 0 Å². The number of fused-ring (bicyclic) bond motifs is 1. The SMILES string of the molecule is CCOc1ccc(NC2CC(N)c3ccccc32)cn1. The molecule has 20 heavy (non-hydrogen) atoms. The van der Waals surface area contributed by atoms with E-state index in [4.69, 9.17) is 10.5 Å². The van der Waals surface area contributed by atoms with E-state index in [9.17, 15) is 0 Å². The number of pyridine rings is 1. The number of hydrogen-bond donors (Lipinski definition) is 2. The third-order valence-electron chi connectivity index (χ3n) is 3.63. The Morgan fingerprint density at radius 2 is 2.05 bits per heavy atom. The van der Waals surface area contributed by atoms with Crippen molar-refractivity contribution in [3.63, 3.8) is 0 Å². The molecule has 0 fully saturated rings. The zero-order valence-electron chi connectivity index (χ0n) is 11.5. The van der Waals surface area contributed by atoms with Gasteiger partial charge in [-0.3, -0.25) is 0 Å². The lowest BCUT2D eigenvalue weighted by Gasteiger charge is -2.15. The largest absolute Gasteiger partial charge is 0.478 e. The van der Waals surface area contributed by atoms with E-state index in [2.05, 4.69) is 28.5 Å². The highest BCUT2D eigenvalue weighted by molar-refractivity contribution is 5.48. The van der Waals surface area contributed by atoms with Crippen LogP contribution in [-0.2, 0) is 0 Å². The lowest BCUT2D eigenvalue weighted by atomic mass is 10.1. The van der Waals surface area contributed by atoms with Crippen molar-refractivity contribution in [2.45, 2.75) is 25.4 Å². The predicted octanol–water partition coefficient (Wildman–Crippen LogP) is 3.04. The molecule has 1 aliphatic rings. The van der Waals surface area contributed by atoms with Gasteiger partial charge in [-0.1, -0.05) is 24.3 Å². The number of hydrogen-bond acceptors (Lipinski definition) is 4. The number of nitrogens with two attached hydrogens (primary N) is 1. The maximum absolute atomic E-state index is 6.18. The fourth-order valence-electron chi connectivity index (χ4n) is 2.71. The number of nitrogens with zero attached hydrogens (tertiary/aromatic N) is 1. The van der Waals surface area contributed by atoms with E-state index in [1.807, 2.05) is 25.1 Å². The van der Waals surface area contributed by atoms with Gasteiger partial charge in [0, 0.05) is 12.1 Å². The highest BCUT2D eigenvalue weighted by Crippen LogP contribution is 2.38. The fourth-order valence-corrected chi connectivity index (χ4v) is 2.71. The molecule has 1 aliphatic carbocycles. The molecule has 3 N–H and O–H groups in total. The lowest BCUT2D eigenvalue weighted by Crippen LogP contribution is -2.10. The normalized spacial score (nSPS) is 20.5. The van der Waals surface area contributed by atoms with E-state index in [1.165, 1.54) is 11.1 Å². The minimum absolute atomic E-state index is 0.111. The van der Waals surface area contributed by atoms with Crippen molar-refractivity contribution in [2.75, 3.05) is 11.9 Å². The molecule has 1 heterocycles. The first kappa shape index (κ1) is 12.9. The van der Waals surface area contributed by atoms with Gasteiger partial charge in [0.2, 0.25) is 5.88 Å². The summed E-state index contributed by atoms with van der Waals surface area (Å²) >= 11 is 0. The van der Waals surface area contributed by atoms with Gasteiger partial charge in [-0.15, -0.1) is 0 Å². The van der Waals surface area contributed by atoms with Crippen molar-refractivity contribution in [3.8, 4) is 5.88 Å². The summed E-state index contributed by atoms with van der Waals surface area (Å²) in [7, 11) is 0. The summed E-state index contributed by atoms with van der Waals surface area (Å²) in [5.41, 5.74) is 9.69. The second-order valence-corrected chi connectivity index (χ2v) is 4.99. The first-order chi connectivity index (χ1) is 9.78. The van der Waals surface area contributed by atoms with E-state index in [1.54, 1.807) is 6.20 Å². The van der Waals surface area contributed by atoms with Gasteiger partial charge in [-0.05, 0) is 30.5 Å². The third kappa shape index (κ3) is 2.47. The summed E-state index contributed by atoms with van der Waals surface area (Å²) < 4.78 is 5.35. The van der Waals surface area contributed by atoms with E-state index >= 15 is 0 Å². The molecule has 2 unspecified atom stereocenters. The fraction of sp³-hybridized carbons (Fsp3) is 0.312. The monoisotopic (exact) mass is 269 g/mol. The van der Waals surface area contributed by atoms with Crippen molar-refractivity contribution in [1.29, 1.82) is 0 Å². The quantitative estimate of drug-likeness (QED) is 0.895. The Bertz CT molecular complexity index is 583. The lowest BCUT2D eigenvalue weighted by molar-refractivity contribution is 0.327. The van der Waals surface area contributed by atoms with Crippen LogP contribution in [0.4, 0.5) is 5.69 Å². The van der Waals surface area contributed by atoms with Crippen LogP contribution in [0.1, 0.15) is 36.6 Å². The maximum atomic E-state index is 6.18. The molecule has 0 saturated carbocycles. The average molecular weight is 269 g/mol. The van der Waals surface area contributed by atoms with Gasteiger partial charge < -0.3 is 15.8 Å². The molecule has 104 valence electrons. The van der Waals surface area contributed by atoms with Crippen LogP contribution in [0.3, 0.4) is 0 Å². The minimum Gasteiger partial charge on any atom is -0.478 e. The number of nitrogens with one attached hydrogen (secondary N) is 1. The molecule has 1 aromatic heterocycles. The van der Waals surface area contributed by atoms with Crippen LogP contribution in [0.25, 0.3) is 0 Å². The zero-order valence-corrected chi connectivity index (χ0v) is 11.5. The third-order valence-corrected chi connectivity index (χ3v) is 3.63. The smallest absolute Gasteiger partial charge is 0.213 e. The van der Waals surface area contributed by atoms with Crippen molar-refractivity contribution in [3.05, 3.63) is 53.7 Å². The van der Waals surface area contributed by atoms with Crippen molar-refractivity contribution >= 4 is 5.69 Å². The van der Waals surface area contributed by atoms with Crippen LogP contribution in [-0.4, -0.2) is 11.6 Å². The van der Waals surface area contributed by atoms with Crippen molar-refractivity contribution in [2.24, 2.45) is 5.73 Å². The molecule has 4 heteroatoms. The summed E-state index contributed by atoms with van der Waals surface area (Å²) in [6, 6.07) is 12.6. The molecule has 4 nitrogen and oxygen atoms in total. The number of ether oxygens (including phenoxy) is 1. The van der Waals surface area contributed by atoms with Crippen LogP contribution < -0.4 is 15.8 Å². The predicted molar refractivity (Wildman–Crippen MR) is 79.8 cm³/mol. The van der Waals surface area contributed by atoms with Crippen molar-refractivity contribution in [1.82, 2.24) is 4.98 Å². The van der Waals surface area contributed by atoms with Gasteiger partial charge in [0.25, 0.3) is 0 Å². The summed E-state index contributed by atoms with van der Waals surface area (Å²) in [6.07, 6.45) is 2.71. The van der Waals surface area contributed by atoms with Gasteiger partial charge in [0.1, 0.15) is 0 Å². The van der Waals surface area contributed by atoms with Gasteiger partial charge in [-0.2, -0.15) is 0 Å². The molecular weight excluding hydrogens is 250 g/mol. The second kappa shape index (κ2) is 5.51. The Labute approximate surface area is 119 Å². The number of aromatic nitrogens is 1. The highest BCUT2D eigenvalue weighted by atomic mass is 16.5. The van der Waals surface area contributed by atoms with E-state index in [0.717, 1.165) is 12.1 Å². The molecule has 2 aromatic rings. The van der Waals surface area contributed by atoms with E-state index in [0.29, 0.717) is 12.5 Å². The maximum Gasteiger partial charge on any atom is 0.213 e. The molecular formula is C16H19N3O. The summed E-state index contributed by atoms with van der Waals surface area (Å²) in [5, 5.41) is 3.50. The van der Waals surface area contributed by atoms with Gasteiger partial charge in [0.05, 0.1) is 24.5 Å². The van der Waals surface area contributed by atoms with Gasteiger partial charge >= 0.3 is 0 Å². The molecule has 0 bridgehead atoms. The van der Waals surface area contributed by atoms with Crippen LogP contribution >= 0.6 is 0 Å². The Morgan fingerprint density at radius 3 is 2.75 bits per heavy atom. The first-order valence-electron chi connectivity index (χ1n) is 6.97. The molecule has 0 spiro atoms. The molecule has 0 radical (unpaired) electrons. The number of benzene rings is 1. The molecule has 2 atom stereocenters. The topological polar surface area (TPSA) is 60.2 Å². The Kier molecular flexibility index (Phi) is 3.56. The number of rotatable bonds is 4. The van der Waals surface area contributed by atoms with Crippen LogP contribution in [0.2, 0.25) is 0 Å². The minimum atomic E-state index is 0.111. The van der Waals surface area contributed by atoms with Gasteiger partial charge in [0.15, 0.2) is 0 Å². The molecule has 3 rings (SSSR count). The van der Waals surface area contributed by atoms with Crippen molar-refractivity contribution < 1.29 is 4.74 Å². The Balaban J connectivity index is 1.76. The highest BCUT2D eigenvalue weighted by Gasteiger charge is 2.27.